The van der Waals surface area contributed by atoms with Crippen LogP contribution in [0, 0.1) is 5.92 Å². The molecular formula is C36H46BNO4. The molecule has 2 atom stereocenters. The van der Waals surface area contributed by atoms with E-state index in [1.165, 1.54) is 27.9 Å². The van der Waals surface area contributed by atoms with E-state index in [0.717, 1.165) is 44.2 Å². The van der Waals surface area contributed by atoms with Crippen LogP contribution in [0.3, 0.4) is 0 Å². The molecule has 0 amide bonds. The third-order valence-electron chi connectivity index (χ3n) is 10.4. The molecule has 0 bridgehead atoms. The van der Waals surface area contributed by atoms with Crippen molar-refractivity contribution in [3.8, 4) is 0 Å². The van der Waals surface area contributed by atoms with Gasteiger partial charge in [0.2, 0.25) is 0 Å². The number of anilines is 1. The molecule has 0 saturated carbocycles. The summed E-state index contributed by atoms with van der Waals surface area (Å²) in [5, 5.41) is 0. The first-order valence-electron chi connectivity index (χ1n) is 15.6. The van der Waals surface area contributed by atoms with Gasteiger partial charge in [0, 0.05) is 44.8 Å². The van der Waals surface area contributed by atoms with Crippen molar-refractivity contribution in [2.75, 3.05) is 32.2 Å². The summed E-state index contributed by atoms with van der Waals surface area (Å²) < 4.78 is 23.9. The van der Waals surface area contributed by atoms with Crippen LogP contribution in [0.15, 0.2) is 72.8 Å². The smallest absolute Gasteiger partial charge is 0.399 e. The monoisotopic (exact) mass is 567 g/mol. The zero-order chi connectivity index (χ0) is 29.5. The Bertz CT molecular complexity index is 1330. The van der Waals surface area contributed by atoms with E-state index < -0.39 is 0 Å². The van der Waals surface area contributed by atoms with Gasteiger partial charge in [0.15, 0.2) is 6.29 Å². The highest BCUT2D eigenvalue weighted by atomic mass is 16.7. The highest BCUT2D eigenvalue weighted by Crippen LogP contribution is 2.47. The summed E-state index contributed by atoms with van der Waals surface area (Å²) >= 11 is 0. The molecule has 222 valence electrons. The fourth-order valence-electron chi connectivity index (χ4n) is 7.24. The van der Waals surface area contributed by atoms with Gasteiger partial charge < -0.3 is 23.7 Å². The number of hydrogen-bond acceptors (Lipinski definition) is 5. The molecule has 3 aliphatic rings. The van der Waals surface area contributed by atoms with Crippen LogP contribution in [0.5, 0.6) is 0 Å². The van der Waals surface area contributed by atoms with Gasteiger partial charge in [0.1, 0.15) is 0 Å². The summed E-state index contributed by atoms with van der Waals surface area (Å²) in [6.07, 6.45) is 4.21. The van der Waals surface area contributed by atoms with Gasteiger partial charge in [0.05, 0.1) is 11.2 Å². The van der Waals surface area contributed by atoms with Gasteiger partial charge in [-0.05, 0) is 99.1 Å². The third-order valence-corrected chi connectivity index (χ3v) is 10.4. The first kappa shape index (κ1) is 29.4. The van der Waals surface area contributed by atoms with Crippen molar-refractivity contribution in [2.45, 2.75) is 82.7 Å². The van der Waals surface area contributed by atoms with Crippen LogP contribution < -0.4 is 10.4 Å². The molecular weight excluding hydrogens is 521 g/mol. The zero-order valence-electron chi connectivity index (χ0n) is 26.1. The number of fused-ring (bicyclic) bond motifs is 1. The number of rotatable bonds is 7. The van der Waals surface area contributed by atoms with E-state index in [4.69, 9.17) is 18.8 Å². The lowest BCUT2D eigenvalue weighted by Crippen LogP contribution is -2.41. The number of aryl methyl sites for hydroxylation is 1. The van der Waals surface area contributed by atoms with Crippen molar-refractivity contribution in [3.05, 3.63) is 95.1 Å². The molecule has 6 heteroatoms. The van der Waals surface area contributed by atoms with Gasteiger partial charge in [-0.2, -0.15) is 0 Å². The van der Waals surface area contributed by atoms with Gasteiger partial charge in [-0.15, -0.1) is 0 Å². The minimum absolute atomic E-state index is 0.110. The molecule has 5 nitrogen and oxygen atoms in total. The van der Waals surface area contributed by atoms with Gasteiger partial charge in [-0.25, -0.2) is 0 Å². The standard InChI is InChI=1S/C36H46BNO4/c1-35(2)36(3,4)42-37(41-35)29-15-19-32-28(24-29)14-18-31(25-10-8-7-9-11-25)33(32)26-12-16-30(17-13-26)38-22-20-27(21-23-38)34(39-5)40-6/h7-13,15-17,19,24,27,31,33-34H,14,18,20-23H2,1-6H3/t31-,33+/m1/s1. The Balaban J connectivity index is 1.27. The molecule has 0 radical (unpaired) electrons. The summed E-state index contributed by atoms with van der Waals surface area (Å²) in [6, 6.07) is 27.4. The Hall–Kier alpha value is -2.64. The number of nitrogens with zero attached hydrogens (tertiary/aromatic N) is 1. The third kappa shape index (κ3) is 5.55. The number of methoxy groups -OCH3 is 2. The second kappa shape index (κ2) is 11.8. The lowest BCUT2D eigenvalue weighted by molar-refractivity contribution is -0.141. The van der Waals surface area contributed by atoms with Crippen molar-refractivity contribution in [3.63, 3.8) is 0 Å². The molecule has 0 aromatic heterocycles. The van der Waals surface area contributed by atoms with Crippen LogP contribution in [-0.4, -0.2) is 51.9 Å². The Labute approximate surface area is 252 Å². The highest BCUT2D eigenvalue weighted by Gasteiger charge is 2.52. The van der Waals surface area contributed by atoms with E-state index in [-0.39, 0.29) is 24.6 Å². The normalized spacial score (nSPS) is 23.8. The van der Waals surface area contributed by atoms with E-state index in [9.17, 15) is 0 Å². The van der Waals surface area contributed by atoms with Crippen molar-refractivity contribution in [1.82, 2.24) is 0 Å². The summed E-state index contributed by atoms with van der Waals surface area (Å²) in [6.45, 7) is 10.5. The molecule has 6 rings (SSSR count). The molecule has 1 aliphatic carbocycles. The van der Waals surface area contributed by atoms with E-state index in [0.29, 0.717) is 17.8 Å². The average Bonchev–Trinajstić information content (AvgIpc) is 3.24. The Morgan fingerprint density at radius 1 is 0.786 bits per heavy atom. The molecule has 0 unspecified atom stereocenters. The van der Waals surface area contributed by atoms with Crippen molar-refractivity contribution in [1.29, 1.82) is 0 Å². The van der Waals surface area contributed by atoms with Gasteiger partial charge >= 0.3 is 7.12 Å². The fourth-order valence-corrected chi connectivity index (χ4v) is 7.24. The van der Waals surface area contributed by atoms with Crippen molar-refractivity contribution in [2.24, 2.45) is 5.92 Å². The second-order valence-corrected chi connectivity index (χ2v) is 13.3. The number of piperidine rings is 1. The Morgan fingerprint density at radius 2 is 1.43 bits per heavy atom. The number of benzene rings is 3. The molecule has 2 aliphatic heterocycles. The topological polar surface area (TPSA) is 40.2 Å². The largest absolute Gasteiger partial charge is 0.494 e. The highest BCUT2D eigenvalue weighted by molar-refractivity contribution is 6.62. The van der Waals surface area contributed by atoms with E-state index >= 15 is 0 Å². The maximum absolute atomic E-state index is 6.41. The Kier molecular flexibility index (Phi) is 8.27. The number of ether oxygens (including phenoxy) is 2. The lowest BCUT2D eigenvalue weighted by atomic mass is 9.67. The Morgan fingerprint density at radius 3 is 2.05 bits per heavy atom. The average molecular weight is 568 g/mol. The van der Waals surface area contributed by atoms with Crippen molar-refractivity contribution < 1.29 is 18.8 Å². The molecule has 3 aromatic rings. The van der Waals surface area contributed by atoms with Crippen LogP contribution in [-0.2, 0) is 25.2 Å². The van der Waals surface area contributed by atoms with E-state index in [1.807, 2.05) is 0 Å². The SMILES string of the molecule is COC(OC)C1CCN(c2ccc([C@@H]3c4ccc(B5OC(C)(C)C(C)(C)O5)cc4CC[C@@H]3c3ccccc3)cc2)CC1. The first-order valence-corrected chi connectivity index (χ1v) is 15.6. The maximum Gasteiger partial charge on any atom is 0.494 e. The molecule has 0 N–H and O–H groups in total. The molecule has 3 aromatic carbocycles. The molecule has 2 saturated heterocycles. The van der Waals surface area contributed by atoms with E-state index in [1.54, 1.807) is 14.2 Å². The van der Waals surface area contributed by atoms with Gasteiger partial charge in [0.25, 0.3) is 0 Å². The van der Waals surface area contributed by atoms with Crippen LogP contribution >= 0.6 is 0 Å². The zero-order valence-corrected chi connectivity index (χ0v) is 26.1. The fraction of sp³-hybridized carbons (Fsp3) is 0.500. The molecule has 0 spiro atoms. The predicted octanol–water partition coefficient (Wildman–Crippen LogP) is 6.68. The minimum Gasteiger partial charge on any atom is -0.399 e. The predicted molar refractivity (Wildman–Crippen MR) is 171 cm³/mol. The summed E-state index contributed by atoms with van der Waals surface area (Å²) in [7, 11) is 3.14. The van der Waals surface area contributed by atoms with Crippen LogP contribution in [0.1, 0.15) is 81.0 Å². The summed E-state index contributed by atoms with van der Waals surface area (Å²) in [5.74, 6) is 1.18. The molecule has 2 heterocycles. The second-order valence-electron chi connectivity index (χ2n) is 13.3. The van der Waals surface area contributed by atoms with E-state index in [2.05, 4.69) is 105 Å². The van der Waals surface area contributed by atoms with Gasteiger partial charge in [-0.3, -0.25) is 0 Å². The van der Waals surface area contributed by atoms with Crippen LogP contribution in [0.2, 0.25) is 0 Å². The summed E-state index contributed by atoms with van der Waals surface area (Å²) in [5.41, 5.74) is 7.36. The lowest BCUT2D eigenvalue weighted by Gasteiger charge is -2.37. The first-order chi connectivity index (χ1) is 20.2. The molecule has 2 fully saturated rings. The maximum atomic E-state index is 6.41. The molecule has 42 heavy (non-hydrogen) atoms. The minimum atomic E-state index is -0.346. The summed E-state index contributed by atoms with van der Waals surface area (Å²) in [4.78, 5) is 2.50. The van der Waals surface area contributed by atoms with Gasteiger partial charge in [-0.1, -0.05) is 60.7 Å². The van der Waals surface area contributed by atoms with Crippen molar-refractivity contribution >= 4 is 18.3 Å². The van der Waals surface area contributed by atoms with Crippen LogP contribution in [0.25, 0.3) is 0 Å². The quantitative estimate of drug-likeness (QED) is 0.235. The van der Waals surface area contributed by atoms with Crippen LogP contribution in [0.4, 0.5) is 5.69 Å². The number of hydrogen-bond donors (Lipinski definition) is 0.